The molecule has 168 valence electrons. The second kappa shape index (κ2) is 8.40. The van der Waals surface area contributed by atoms with Gasteiger partial charge in [-0.05, 0) is 12.1 Å². The highest BCUT2D eigenvalue weighted by molar-refractivity contribution is 8.01. The molecule has 2 unspecified atom stereocenters. The monoisotopic (exact) mass is 497 g/mol. The lowest BCUT2D eigenvalue weighted by Gasteiger charge is -2.52. The second-order valence-electron chi connectivity index (χ2n) is 6.55. The lowest BCUT2D eigenvalue weighted by Crippen LogP contribution is -2.62. The van der Waals surface area contributed by atoms with Gasteiger partial charge in [0.1, 0.15) is 11.9 Å². The molecule has 6 N–H and O–H groups in total. The van der Waals surface area contributed by atoms with Gasteiger partial charge < -0.3 is 21.4 Å². The molecule has 0 spiro atoms. The van der Waals surface area contributed by atoms with Crippen LogP contribution < -0.4 is 11.1 Å². The van der Waals surface area contributed by atoms with E-state index in [1.165, 1.54) is 4.90 Å². The van der Waals surface area contributed by atoms with Gasteiger partial charge >= 0.3 is 5.97 Å². The minimum absolute atomic E-state index is 0.0758. The Balaban J connectivity index is 1.95. The first kappa shape index (κ1) is 22.0. The van der Waals surface area contributed by atoms with E-state index < -0.39 is 27.4 Å². The summed E-state index contributed by atoms with van der Waals surface area (Å²) in [7, 11) is 0. The number of oxime groups is 1. The molecule has 0 radical (unpaired) electrons. The molecule has 2 aromatic heterocycles. The number of carbonyl (C=O) groups is 3. The molecule has 4 heterocycles. The zero-order valence-corrected chi connectivity index (χ0v) is 18.6. The third-order valence-electron chi connectivity index (χ3n) is 4.67. The van der Waals surface area contributed by atoms with Gasteiger partial charge in [0.25, 0.3) is 5.91 Å². The highest BCUT2D eigenvalue weighted by Crippen LogP contribution is 2.56. The average molecular weight is 498 g/mol. The Kier molecular flexibility index (Phi) is 5.78. The van der Waals surface area contributed by atoms with Crippen LogP contribution in [0.1, 0.15) is 19.0 Å². The number of carbonyl (C=O) groups excluding carboxylic acids is 2. The summed E-state index contributed by atoms with van der Waals surface area (Å²) in [6, 6.07) is 0. The number of rotatable bonds is 7. The van der Waals surface area contributed by atoms with Crippen molar-refractivity contribution in [2.45, 2.75) is 34.0 Å². The molecule has 0 bridgehead atoms. The predicted molar refractivity (Wildman–Crippen MR) is 114 cm³/mol. The Morgan fingerprint density at radius 2 is 2.34 bits per heavy atom. The molecule has 2 amide bonds. The number of aromatic nitrogens is 5. The van der Waals surface area contributed by atoms with E-state index in [1.54, 1.807) is 12.3 Å². The number of hydrogen-bond acceptors (Lipinski definition) is 13. The zero-order valence-electron chi connectivity index (χ0n) is 16.1. The van der Waals surface area contributed by atoms with Crippen molar-refractivity contribution in [1.29, 1.82) is 0 Å². The van der Waals surface area contributed by atoms with Gasteiger partial charge in [0.05, 0.1) is 17.5 Å². The summed E-state index contributed by atoms with van der Waals surface area (Å²) in [6.07, 6.45) is 0.720. The maximum atomic E-state index is 12.5. The van der Waals surface area contributed by atoms with E-state index in [0.29, 0.717) is 6.21 Å². The van der Waals surface area contributed by atoms with Crippen molar-refractivity contribution >= 4 is 64.0 Å². The summed E-state index contributed by atoms with van der Waals surface area (Å²) in [4.78, 5) is 41.2. The summed E-state index contributed by atoms with van der Waals surface area (Å²) in [5.74, 6) is -2.51. The van der Waals surface area contributed by atoms with Crippen molar-refractivity contribution < 1.29 is 24.7 Å². The number of anilines is 1. The van der Waals surface area contributed by atoms with Crippen molar-refractivity contribution in [2.24, 2.45) is 5.16 Å². The Labute approximate surface area is 191 Å². The van der Waals surface area contributed by atoms with Gasteiger partial charge in [-0.1, -0.05) is 28.7 Å². The van der Waals surface area contributed by atoms with Gasteiger partial charge in [-0.3, -0.25) is 14.5 Å². The Bertz CT molecular complexity index is 1130. The van der Waals surface area contributed by atoms with Crippen LogP contribution >= 0.6 is 34.9 Å². The Hall–Kier alpha value is -3.18. The number of tetrazole rings is 1. The SMILES string of the molecule is CC(Sc1nn[nH]n1)C1=C(C(=O)O)N2C(=O)C[C@@H]2SC1(NC(=O)C=NO)c1csc(N)n1. The molecule has 2 aromatic rings. The number of aromatic amines is 1. The summed E-state index contributed by atoms with van der Waals surface area (Å²) in [6.45, 7) is 1.68. The van der Waals surface area contributed by atoms with E-state index in [9.17, 15) is 19.5 Å². The average Bonchev–Trinajstić information content (AvgIpc) is 3.38. The maximum Gasteiger partial charge on any atom is 0.352 e. The van der Waals surface area contributed by atoms with Crippen LogP contribution in [0.4, 0.5) is 5.13 Å². The van der Waals surface area contributed by atoms with E-state index >= 15 is 0 Å². The number of nitrogens with zero attached hydrogens (tertiary/aromatic N) is 6. The van der Waals surface area contributed by atoms with Crippen molar-refractivity contribution in [3.63, 3.8) is 0 Å². The number of fused-ring (bicyclic) bond motifs is 1. The number of carboxylic acids is 1. The van der Waals surface area contributed by atoms with Crippen LogP contribution in [0, 0.1) is 0 Å². The minimum atomic E-state index is -1.53. The number of carboxylic acid groups (broad SMARTS) is 1. The number of nitrogen functional groups attached to an aromatic ring is 1. The van der Waals surface area contributed by atoms with Crippen molar-refractivity contribution in [1.82, 2.24) is 35.8 Å². The molecular weight excluding hydrogens is 482 g/mol. The van der Waals surface area contributed by atoms with Crippen LogP contribution in [0.25, 0.3) is 0 Å². The first-order valence-corrected chi connectivity index (χ1v) is 11.5. The van der Waals surface area contributed by atoms with Crippen LogP contribution in [0.15, 0.2) is 27.0 Å². The number of thioether (sulfide) groups is 2. The first-order valence-electron chi connectivity index (χ1n) is 8.85. The zero-order chi connectivity index (χ0) is 23.0. The van der Waals surface area contributed by atoms with Gasteiger partial charge in [0.2, 0.25) is 11.1 Å². The molecule has 17 heteroatoms. The van der Waals surface area contributed by atoms with Gasteiger partial charge in [-0.2, -0.15) is 5.21 Å². The molecule has 2 aliphatic heterocycles. The van der Waals surface area contributed by atoms with Gasteiger partial charge in [-0.15, -0.1) is 21.5 Å². The maximum absolute atomic E-state index is 12.5. The molecule has 3 atom stereocenters. The molecule has 2 aliphatic rings. The summed E-state index contributed by atoms with van der Waals surface area (Å²) in [5, 5.41) is 38.8. The van der Waals surface area contributed by atoms with E-state index in [4.69, 9.17) is 10.9 Å². The number of β-lactam (4-membered cyclic amide) rings is 1. The standard InChI is InChI=1S/C15H15N9O5S3/c1-5(31-14-20-22-23-21-14)10-11(12(27)28)24-8(26)2-9(24)32-15(10,19-7(25)3-17-29)6-4-30-13(16)18-6/h3-5,9,29H,2H2,1H3,(H2,16,18)(H,19,25)(H,27,28)(H,20,21,22,23)/t5?,9-,15?/m0/s1. The summed E-state index contributed by atoms with van der Waals surface area (Å²) in [5.41, 5.74) is 6.01. The van der Waals surface area contributed by atoms with Crippen molar-refractivity contribution in [2.75, 3.05) is 5.73 Å². The third kappa shape index (κ3) is 3.67. The smallest absolute Gasteiger partial charge is 0.352 e. The number of amides is 2. The topological polar surface area (TPSA) is 213 Å². The van der Waals surface area contributed by atoms with E-state index in [1.807, 2.05) is 0 Å². The molecular formula is C15H15N9O5S3. The van der Waals surface area contributed by atoms with E-state index in [2.05, 4.69) is 36.1 Å². The molecule has 0 saturated carbocycles. The van der Waals surface area contributed by atoms with E-state index in [0.717, 1.165) is 34.9 Å². The number of nitrogens with one attached hydrogen (secondary N) is 2. The van der Waals surface area contributed by atoms with E-state index in [-0.39, 0.29) is 39.6 Å². The number of aliphatic carboxylic acids is 1. The molecule has 14 nitrogen and oxygen atoms in total. The summed E-state index contributed by atoms with van der Waals surface area (Å²) < 4.78 is 0. The van der Waals surface area contributed by atoms with Gasteiger partial charge in [-0.25, -0.2) is 9.78 Å². The number of hydrogen-bond donors (Lipinski definition) is 5. The molecule has 1 fully saturated rings. The van der Waals surface area contributed by atoms with Crippen LogP contribution in [-0.4, -0.2) is 75.4 Å². The predicted octanol–water partition coefficient (Wildman–Crippen LogP) is -0.208. The lowest BCUT2D eigenvalue weighted by molar-refractivity contribution is -0.146. The van der Waals surface area contributed by atoms with Gasteiger partial charge in [0, 0.05) is 16.2 Å². The first-order chi connectivity index (χ1) is 15.3. The fourth-order valence-electron chi connectivity index (χ4n) is 3.50. The molecule has 4 rings (SSSR count). The highest BCUT2D eigenvalue weighted by Gasteiger charge is 2.58. The van der Waals surface area contributed by atoms with Crippen LogP contribution in [0.5, 0.6) is 0 Å². The molecule has 0 aliphatic carbocycles. The molecule has 32 heavy (non-hydrogen) atoms. The van der Waals surface area contributed by atoms with Crippen LogP contribution in [0.3, 0.4) is 0 Å². The number of thiazole rings is 1. The van der Waals surface area contributed by atoms with Crippen LogP contribution in [-0.2, 0) is 19.3 Å². The Morgan fingerprint density at radius 1 is 1.56 bits per heavy atom. The minimum Gasteiger partial charge on any atom is -0.477 e. The lowest BCUT2D eigenvalue weighted by atomic mass is 9.94. The van der Waals surface area contributed by atoms with Gasteiger partial charge in [0.15, 0.2) is 10.0 Å². The molecule has 1 saturated heterocycles. The number of H-pyrrole nitrogens is 1. The quantitative estimate of drug-likeness (QED) is 0.110. The number of nitrogens with two attached hydrogens (primary N) is 1. The molecule has 0 aromatic carbocycles. The second-order valence-corrected chi connectivity index (χ2v) is 10.1. The fraction of sp³-hybridized carbons (Fsp3) is 0.333. The Morgan fingerprint density at radius 3 is 2.91 bits per heavy atom. The fourth-order valence-corrected chi connectivity index (χ4v) is 6.91. The summed E-state index contributed by atoms with van der Waals surface area (Å²) >= 11 is 3.32. The normalized spacial score (nSPS) is 23.7. The van der Waals surface area contributed by atoms with Crippen LogP contribution in [0.2, 0.25) is 0 Å². The highest BCUT2D eigenvalue weighted by atomic mass is 32.2. The third-order valence-corrected chi connectivity index (χ3v) is 7.85. The van der Waals surface area contributed by atoms with Crippen molar-refractivity contribution in [3.05, 3.63) is 22.3 Å². The van der Waals surface area contributed by atoms with Crippen molar-refractivity contribution in [3.8, 4) is 0 Å². The largest absolute Gasteiger partial charge is 0.477 e.